The van der Waals surface area contributed by atoms with Crippen molar-refractivity contribution in [1.29, 1.82) is 0 Å². The Balaban J connectivity index is 1.22. The second kappa shape index (κ2) is 16.3. The van der Waals surface area contributed by atoms with Crippen molar-refractivity contribution in [1.82, 2.24) is 24.1 Å². The molecule has 4 aromatic rings. The molecule has 4 aliphatic rings. The number of halogens is 1. The lowest BCUT2D eigenvalue weighted by Gasteiger charge is -2.46. The van der Waals surface area contributed by atoms with Crippen LogP contribution in [0, 0.1) is 24.7 Å². The SMILES string of the molecule is CO[C@H]1/C=C/[C@H](OCc2cn(C)cn2)[C@H](C)C[S@@](=O)(NC(=O)c2cn(C)nc2C)=NC(=O)c2ccc3c(c2)N(C[C@@H]2CC[C@H]21)C[C@@]1(CCCc2cc(Cl)ccc21)CO3. The summed E-state index contributed by atoms with van der Waals surface area (Å²) in [5.74, 6) is -0.761. The van der Waals surface area contributed by atoms with Gasteiger partial charge in [0.15, 0.2) is 0 Å². The Morgan fingerprint density at radius 1 is 1.12 bits per heavy atom. The lowest BCUT2D eigenvalue weighted by molar-refractivity contribution is 0.00990. The van der Waals surface area contributed by atoms with Crippen LogP contribution in [0.4, 0.5) is 5.69 Å². The first-order valence-electron chi connectivity index (χ1n) is 20.0. The van der Waals surface area contributed by atoms with Gasteiger partial charge in [0.05, 0.1) is 60.1 Å². The number of imidazole rings is 1. The van der Waals surface area contributed by atoms with E-state index in [1.54, 1.807) is 39.7 Å². The van der Waals surface area contributed by atoms with Gasteiger partial charge in [0, 0.05) is 68.6 Å². The Kier molecular flexibility index (Phi) is 11.3. The fourth-order valence-corrected chi connectivity index (χ4v) is 11.4. The summed E-state index contributed by atoms with van der Waals surface area (Å²) < 4.78 is 44.8. The molecule has 58 heavy (non-hydrogen) atoms. The zero-order valence-corrected chi connectivity index (χ0v) is 35.3. The molecular weight excluding hydrogens is 778 g/mol. The molecule has 13 nitrogen and oxygen atoms in total. The quantitative estimate of drug-likeness (QED) is 0.220. The third kappa shape index (κ3) is 8.21. The van der Waals surface area contributed by atoms with Crippen LogP contribution in [-0.2, 0) is 51.9 Å². The minimum Gasteiger partial charge on any atom is -0.490 e. The summed E-state index contributed by atoms with van der Waals surface area (Å²) in [5, 5.41) is 5.02. The van der Waals surface area contributed by atoms with Gasteiger partial charge in [0.1, 0.15) is 15.7 Å². The first-order valence-corrected chi connectivity index (χ1v) is 22.1. The molecule has 8 rings (SSSR count). The number of fused-ring (bicyclic) bond motifs is 4. The van der Waals surface area contributed by atoms with E-state index >= 15 is 4.21 Å². The van der Waals surface area contributed by atoms with Crippen LogP contribution in [-0.4, -0.2) is 80.1 Å². The van der Waals surface area contributed by atoms with Crippen molar-refractivity contribution < 1.29 is 28.0 Å². The monoisotopic (exact) mass is 829 g/mol. The van der Waals surface area contributed by atoms with Crippen LogP contribution in [0.15, 0.2) is 71.6 Å². The van der Waals surface area contributed by atoms with Gasteiger partial charge in [0.2, 0.25) is 0 Å². The van der Waals surface area contributed by atoms with Crippen LogP contribution >= 0.6 is 11.6 Å². The van der Waals surface area contributed by atoms with Crippen LogP contribution in [0.25, 0.3) is 0 Å². The van der Waals surface area contributed by atoms with Gasteiger partial charge in [-0.1, -0.05) is 36.7 Å². The van der Waals surface area contributed by atoms with E-state index < -0.39 is 33.8 Å². The highest BCUT2D eigenvalue weighted by Gasteiger charge is 2.44. The van der Waals surface area contributed by atoms with Crippen molar-refractivity contribution in [2.75, 3.05) is 37.5 Å². The topological polar surface area (TPSA) is 142 Å². The average Bonchev–Trinajstić information content (AvgIpc) is 3.71. The molecule has 1 spiro atoms. The molecule has 0 saturated heterocycles. The number of hydrogen-bond donors (Lipinski definition) is 1. The van der Waals surface area contributed by atoms with Gasteiger partial charge in [-0.3, -0.25) is 19.0 Å². The maximum Gasteiger partial charge on any atom is 0.286 e. The van der Waals surface area contributed by atoms with Gasteiger partial charge in [-0.05, 0) is 92.3 Å². The number of aryl methyl sites for hydroxylation is 4. The smallest absolute Gasteiger partial charge is 0.286 e. The standard InChI is InChI=1S/C43H52ClN7O6S/c1-27-23-58(54,48-42(53)35-21-50(4)46-28(35)2)47-41(52)30-9-13-40-37(18-30)51(24-43(25-57-40)16-6-7-29-17-32(44)10-12-36(29)43)19-31-8-11-34(31)39(55-5)15-14-38(27)56-22-33-20-49(3)26-45-33/h9-10,12-15,17-18,20-21,26-27,31,34,38-39H,6-8,11,16,19,22-25H2,1-5H3,(H,47,48,52,53,54)/b15-14+/t27-,31+,34-,38+,39+,43+,58+/m1/s1. The van der Waals surface area contributed by atoms with Gasteiger partial charge < -0.3 is 23.7 Å². The summed E-state index contributed by atoms with van der Waals surface area (Å²) in [6, 6.07) is 11.5. The Bertz CT molecular complexity index is 2370. The fraction of sp³-hybridized carbons (Fsp3) is 0.488. The van der Waals surface area contributed by atoms with E-state index in [4.69, 9.17) is 25.8 Å². The zero-order chi connectivity index (χ0) is 40.8. The maximum atomic E-state index is 15.1. The number of ether oxygens (including phenoxy) is 3. The number of carbonyl (C=O) groups excluding carboxylic acids is 2. The van der Waals surface area contributed by atoms with E-state index in [9.17, 15) is 9.59 Å². The molecule has 1 saturated carbocycles. The van der Waals surface area contributed by atoms with Gasteiger partial charge in [-0.15, -0.1) is 4.36 Å². The highest BCUT2D eigenvalue weighted by Crippen LogP contribution is 2.47. The number of aromatic nitrogens is 4. The number of rotatable bonds is 6. The number of amides is 2. The van der Waals surface area contributed by atoms with Crippen molar-refractivity contribution in [3.63, 3.8) is 0 Å². The third-order valence-electron chi connectivity index (χ3n) is 12.4. The minimum atomic E-state index is -3.74. The first-order chi connectivity index (χ1) is 27.8. The first kappa shape index (κ1) is 40.3. The molecule has 1 fully saturated rings. The summed E-state index contributed by atoms with van der Waals surface area (Å²) in [4.78, 5) is 34.9. The Labute approximate surface area is 345 Å². The molecule has 4 heterocycles. The minimum absolute atomic E-state index is 0.170. The van der Waals surface area contributed by atoms with E-state index in [-0.39, 0.29) is 40.9 Å². The average molecular weight is 830 g/mol. The predicted molar refractivity (Wildman–Crippen MR) is 222 cm³/mol. The third-order valence-corrected chi connectivity index (χ3v) is 14.6. The molecule has 2 aromatic carbocycles. The van der Waals surface area contributed by atoms with Crippen molar-refractivity contribution in [2.24, 2.45) is 36.2 Å². The molecule has 2 bridgehead atoms. The number of nitrogens with zero attached hydrogens (tertiary/aromatic N) is 6. The number of hydrogen-bond acceptors (Lipinski definition) is 9. The van der Waals surface area contributed by atoms with Crippen LogP contribution in [0.1, 0.15) is 75.8 Å². The predicted octanol–water partition coefficient (Wildman–Crippen LogP) is 6.37. The van der Waals surface area contributed by atoms with Gasteiger partial charge in [0.25, 0.3) is 11.8 Å². The molecule has 0 unspecified atom stereocenters. The zero-order valence-electron chi connectivity index (χ0n) is 33.7. The van der Waals surface area contributed by atoms with Crippen molar-refractivity contribution >= 4 is 39.0 Å². The summed E-state index contributed by atoms with van der Waals surface area (Å²) in [6.45, 7) is 5.67. The number of anilines is 1. The molecule has 2 aliphatic heterocycles. The molecule has 2 aromatic heterocycles. The van der Waals surface area contributed by atoms with Crippen molar-refractivity contribution in [3.05, 3.63) is 106 Å². The lowest BCUT2D eigenvalue weighted by Crippen LogP contribution is -2.49. The molecule has 308 valence electrons. The van der Waals surface area contributed by atoms with Gasteiger partial charge in [-0.2, -0.15) is 5.10 Å². The number of carbonyl (C=O) groups is 2. The van der Waals surface area contributed by atoms with Crippen LogP contribution < -0.4 is 14.4 Å². The van der Waals surface area contributed by atoms with Crippen molar-refractivity contribution in [3.8, 4) is 5.75 Å². The van der Waals surface area contributed by atoms with E-state index in [1.807, 2.05) is 49.0 Å². The Morgan fingerprint density at radius 2 is 1.95 bits per heavy atom. The highest BCUT2D eigenvalue weighted by molar-refractivity contribution is 7.92. The molecule has 0 radical (unpaired) electrons. The van der Waals surface area contributed by atoms with E-state index in [1.165, 1.54) is 15.8 Å². The second-order valence-corrected chi connectivity index (χ2v) is 19.0. The number of benzene rings is 2. The summed E-state index contributed by atoms with van der Waals surface area (Å²) >= 11 is 6.50. The van der Waals surface area contributed by atoms with Crippen molar-refractivity contribution in [2.45, 2.75) is 70.2 Å². The summed E-state index contributed by atoms with van der Waals surface area (Å²) in [5.41, 5.74) is 4.68. The Hall–Kier alpha value is -4.50. The molecule has 15 heteroatoms. The van der Waals surface area contributed by atoms with E-state index in [0.29, 0.717) is 30.5 Å². The normalized spacial score (nSPS) is 29.0. The van der Waals surface area contributed by atoms with E-state index in [0.717, 1.165) is 55.1 Å². The lowest BCUT2D eigenvalue weighted by atomic mass is 9.68. The summed E-state index contributed by atoms with van der Waals surface area (Å²) in [7, 11) is 1.60. The molecular formula is C43H52ClN7O6S. The second-order valence-electron chi connectivity index (χ2n) is 16.6. The van der Waals surface area contributed by atoms with Crippen LogP contribution in [0.3, 0.4) is 0 Å². The summed E-state index contributed by atoms with van der Waals surface area (Å²) in [6.07, 6.45) is 13.3. The molecule has 2 amide bonds. The van der Waals surface area contributed by atoms with Crippen LogP contribution in [0.5, 0.6) is 5.75 Å². The van der Waals surface area contributed by atoms with E-state index in [2.05, 4.69) is 42.3 Å². The van der Waals surface area contributed by atoms with Gasteiger partial charge >= 0.3 is 0 Å². The maximum absolute atomic E-state index is 15.1. The van der Waals surface area contributed by atoms with Crippen LogP contribution in [0.2, 0.25) is 5.02 Å². The number of methoxy groups -OCH3 is 1. The Morgan fingerprint density at radius 3 is 2.67 bits per heavy atom. The fourth-order valence-electron chi connectivity index (χ4n) is 9.29. The molecule has 7 atom stereocenters. The van der Waals surface area contributed by atoms with Gasteiger partial charge in [-0.25, -0.2) is 9.19 Å². The molecule has 1 N–H and O–H groups in total. The highest BCUT2D eigenvalue weighted by atomic mass is 35.5. The largest absolute Gasteiger partial charge is 0.490 e. The number of nitrogens with one attached hydrogen (secondary N) is 1. The molecule has 2 aliphatic carbocycles.